The van der Waals surface area contributed by atoms with Gasteiger partial charge in [-0.05, 0) is 49.3 Å². The van der Waals surface area contributed by atoms with Crippen LogP contribution in [0.15, 0.2) is 17.1 Å². The predicted molar refractivity (Wildman–Crippen MR) is 102 cm³/mol. The van der Waals surface area contributed by atoms with Gasteiger partial charge < -0.3 is 15.7 Å². The van der Waals surface area contributed by atoms with E-state index in [1.807, 2.05) is 0 Å². The van der Waals surface area contributed by atoms with Gasteiger partial charge in [0.05, 0.1) is 17.4 Å². The second kappa shape index (κ2) is 6.97. The maximum atomic E-state index is 15.1. The third kappa shape index (κ3) is 3.32. The van der Waals surface area contributed by atoms with Crippen molar-refractivity contribution in [3.05, 3.63) is 45.1 Å². The van der Waals surface area contributed by atoms with Gasteiger partial charge in [0.1, 0.15) is 11.6 Å². The molecular formula is C20H21F4N3O3. The van der Waals surface area contributed by atoms with Gasteiger partial charge in [-0.25, -0.2) is 9.18 Å². The fourth-order valence-electron chi connectivity index (χ4n) is 4.44. The van der Waals surface area contributed by atoms with E-state index in [2.05, 4.69) is 0 Å². The summed E-state index contributed by atoms with van der Waals surface area (Å²) in [4.78, 5) is 25.6. The van der Waals surface area contributed by atoms with Crippen LogP contribution in [0.3, 0.4) is 0 Å². The molecule has 0 amide bonds. The van der Waals surface area contributed by atoms with Gasteiger partial charge in [-0.3, -0.25) is 9.20 Å². The number of alkyl halides is 3. The number of carbonyl (C=O) groups is 1. The van der Waals surface area contributed by atoms with E-state index in [9.17, 15) is 27.9 Å². The highest BCUT2D eigenvalue weighted by molar-refractivity contribution is 5.89. The molecule has 3 N–H and O–H groups in total. The Morgan fingerprint density at radius 3 is 2.53 bits per heavy atom. The molecule has 3 heterocycles. The topological polar surface area (TPSA) is 88.0 Å². The highest BCUT2D eigenvalue weighted by Crippen LogP contribution is 2.44. The minimum atomic E-state index is -4.53. The number of rotatable bonds is 4. The van der Waals surface area contributed by atoms with E-state index in [0.29, 0.717) is 16.6 Å². The lowest BCUT2D eigenvalue weighted by molar-refractivity contribution is -0.157. The molecule has 2 aromatic heterocycles. The van der Waals surface area contributed by atoms with Gasteiger partial charge in [0.2, 0.25) is 0 Å². The third-order valence-corrected chi connectivity index (χ3v) is 6.12. The standard InChI is InChI=1S/C20H21F4N3O3/c1-9-15-12(10-2-3-10)6-13(19(29)30)18(28)27(15)8-14(21)16(9)26-5-4-11(7-26)17(25)20(22,23)24/h6,8,10-11,17H,2-5,7,25H2,1H3,(H,29,30)/t11-,17+/m1/s1. The molecular weight excluding hydrogens is 406 g/mol. The number of hydrogen-bond donors (Lipinski definition) is 2. The predicted octanol–water partition coefficient (Wildman–Crippen LogP) is 3.04. The Kier molecular flexibility index (Phi) is 4.80. The largest absolute Gasteiger partial charge is 0.477 e. The van der Waals surface area contributed by atoms with Crippen LogP contribution in [-0.4, -0.2) is 40.8 Å². The molecule has 2 atom stereocenters. The van der Waals surface area contributed by atoms with Crippen molar-refractivity contribution in [3.63, 3.8) is 0 Å². The van der Waals surface area contributed by atoms with Gasteiger partial charge in [0.25, 0.3) is 5.56 Å². The van der Waals surface area contributed by atoms with Crippen molar-refractivity contribution in [2.24, 2.45) is 11.7 Å². The molecule has 10 heteroatoms. The number of halogens is 4. The van der Waals surface area contributed by atoms with Crippen LogP contribution in [0.5, 0.6) is 0 Å². The van der Waals surface area contributed by atoms with E-state index >= 15 is 4.39 Å². The average molecular weight is 427 g/mol. The third-order valence-electron chi connectivity index (χ3n) is 6.12. The van der Waals surface area contributed by atoms with Crippen LogP contribution in [0.4, 0.5) is 23.2 Å². The summed E-state index contributed by atoms with van der Waals surface area (Å²) in [6.45, 7) is 1.76. The molecule has 0 unspecified atom stereocenters. The SMILES string of the molecule is Cc1c(N2CC[C@@H]([C@H](N)C(F)(F)F)C2)c(F)cn2c(=O)c(C(=O)O)cc(C3CC3)c12. The first-order valence-electron chi connectivity index (χ1n) is 9.69. The molecule has 2 aliphatic rings. The van der Waals surface area contributed by atoms with Crippen molar-refractivity contribution in [2.75, 3.05) is 18.0 Å². The highest BCUT2D eigenvalue weighted by atomic mass is 19.4. The van der Waals surface area contributed by atoms with Gasteiger partial charge in [-0.15, -0.1) is 0 Å². The molecule has 1 aliphatic heterocycles. The van der Waals surface area contributed by atoms with Crippen LogP contribution in [0.25, 0.3) is 5.52 Å². The molecule has 0 radical (unpaired) electrons. The number of nitrogens with two attached hydrogens (primary N) is 1. The summed E-state index contributed by atoms with van der Waals surface area (Å²) in [6.07, 6.45) is -1.77. The molecule has 0 aromatic carbocycles. The maximum absolute atomic E-state index is 15.1. The number of anilines is 1. The number of carboxylic acid groups (broad SMARTS) is 1. The van der Waals surface area contributed by atoms with Crippen LogP contribution >= 0.6 is 0 Å². The molecule has 1 saturated heterocycles. The minimum absolute atomic E-state index is 0.0508. The lowest BCUT2D eigenvalue weighted by Gasteiger charge is -2.26. The fourth-order valence-corrected chi connectivity index (χ4v) is 4.44. The monoisotopic (exact) mass is 427 g/mol. The van der Waals surface area contributed by atoms with Crippen LogP contribution < -0.4 is 16.2 Å². The molecule has 30 heavy (non-hydrogen) atoms. The van der Waals surface area contributed by atoms with E-state index in [-0.39, 0.29) is 31.1 Å². The fraction of sp³-hybridized carbons (Fsp3) is 0.500. The molecule has 0 bridgehead atoms. The second-order valence-corrected chi connectivity index (χ2v) is 8.13. The zero-order chi connectivity index (χ0) is 22.0. The summed E-state index contributed by atoms with van der Waals surface area (Å²) >= 11 is 0. The van der Waals surface area contributed by atoms with Crippen molar-refractivity contribution >= 4 is 17.2 Å². The van der Waals surface area contributed by atoms with Crippen LogP contribution in [0.2, 0.25) is 0 Å². The van der Waals surface area contributed by atoms with Gasteiger partial charge in [-0.1, -0.05) is 0 Å². The summed E-state index contributed by atoms with van der Waals surface area (Å²) in [5.74, 6) is -2.96. The molecule has 4 rings (SSSR count). The number of aromatic carboxylic acids is 1. The first-order valence-corrected chi connectivity index (χ1v) is 9.69. The average Bonchev–Trinajstić information content (AvgIpc) is 3.38. The quantitative estimate of drug-likeness (QED) is 0.733. The zero-order valence-corrected chi connectivity index (χ0v) is 16.2. The lowest BCUT2D eigenvalue weighted by Crippen LogP contribution is -2.44. The maximum Gasteiger partial charge on any atom is 0.403 e. The Morgan fingerprint density at radius 1 is 1.30 bits per heavy atom. The molecule has 6 nitrogen and oxygen atoms in total. The lowest BCUT2D eigenvalue weighted by atomic mass is 9.99. The Labute approximate surface area is 168 Å². The summed E-state index contributed by atoms with van der Waals surface area (Å²) in [7, 11) is 0. The normalized spacial score (nSPS) is 20.7. The number of pyridine rings is 2. The number of carboxylic acids is 1. The number of nitrogens with zero attached hydrogens (tertiary/aromatic N) is 2. The van der Waals surface area contributed by atoms with Gasteiger partial charge in [-0.2, -0.15) is 13.2 Å². The van der Waals surface area contributed by atoms with Crippen LogP contribution in [0.1, 0.15) is 46.7 Å². The molecule has 2 aromatic rings. The highest BCUT2D eigenvalue weighted by Gasteiger charge is 2.44. The summed E-state index contributed by atoms with van der Waals surface area (Å²) < 4.78 is 55.0. The van der Waals surface area contributed by atoms with Crippen molar-refractivity contribution in [2.45, 2.75) is 44.3 Å². The minimum Gasteiger partial charge on any atom is -0.477 e. The van der Waals surface area contributed by atoms with E-state index in [4.69, 9.17) is 5.73 Å². The zero-order valence-electron chi connectivity index (χ0n) is 16.2. The molecule has 162 valence electrons. The summed E-state index contributed by atoms with van der Waals surface area (Å²) in [5, 5.41) is 9.35. The first kappa shape index (κ1) is 20.6. The van der Waals surface area contributed by atoms with Gasteiger partial charge in [0, 0.05) is 19.0 Å². The number of fused-ring (bicyclic) bond motifs is 1. The van der Waals surface area contributed by atoms with Crippen molar-refractivity contribution in [1.29, 1.82) is 0 Å². The smallest absolute Gasteiger partial charge is 0.403 e. The molecule has 0 spiro atoms. The Bertz CT molecular complexity index is 1090. The van der Waals surface area contributed by atoms with Gasteiger partial charge >= 0.3 is 12.1 Å². The van der Waals surface area contributed by atoms with Crippen LogP contribution in [0, 0.1) is 18.7 Å². The number of aryl methyl sites for hydroxylation is 1. The van der Waals surface area contributed by atoms with E-state index in [1.54, 1.807) is 6.92 Å². The Morgan fingerprint density at radius 2 is 1.97 bits per heavy atom. The number of aromatic nitrogens is 1. The summed E-state index contributed by atoms with van der Waals surface area (Å²) in [6, 6.07) is -0.646. The van der Waals surface area contributed by atoms with E-state index in [1.165, 1.54) is 11.0 Å². The van der Waals surface area contributed by atoms with Gasteiger partial charge in [0.15, 0.2) is 5.82 Å². The Hall–Kier alpha value is -2.62. The Balaban J connectivity index is 1.83. The molecule has 1 aliphatic carbocycles. The van der Waals surface area contributed by atoms with Crippen molar-refractivity contribution in [1.82, 2.24) is 4.40 Å². The van der Waals surface area contributed by atoms with Crippen molar-refractivity contribution < 1.29 is 27.5 Å². The van der Waals surface area contributed by atoms with Crippen molar-refractivity contribution in [3.8, 4) is 0 Å². The summed E-state index contributed by atoms with van der Waals surface area (Å²) in [5.41, 5.74) is 5.70. The van der Waals surface area contributed by atoms with Crippen LogP contribution in [-0.2, 0) is 0 Å². The molecule has 2 fully saturated rings. The first-order chi connectivity index (χ1) is 14.0. The van der Waals surface area contributed by atoms with E-state index in [0.717, 1.165) is 23.4 Å². The number of hydrogen-bond acceptors (Lipinski definition) is 4. The molecule has 1 saturated carbocycles. The second-order valence-electron chi connectivity index (χ2n) is 8.13. The van der Waals surface area contributed by atoms with E-state index < -0.39 is 41.0 Å².